The molecule has 20 heavy (non-hydrogen) atoms. The lowest BCUT2D eigenvalue weighted by atomic mass is 10.1. The molecule has 0 saturated carbocycles. The third-order valence-electron chi connectivity index (χ3n) is 2.76. The van der Waals surface area contributed by atoms with Crippen LogP contribution in [0.5, 0.6) is 0 Å². The van der Waals surface area contributed by atoms with E-state index in [4.69, 9.17) is 5.11 Å². The SMILES string of the molecule is CC(C)N(Cc1ccc(F)c(C(=O)O)c1)CC(F)(F)F. The number of carboxylic acid groups (broad SMARTS) is 1. The summed E-state index contributed by atoms with van der Waals surface area (Å²) in [6, 6.07) is 2.91. The van der Waals surface area contributed by atoms with Crippen LogP contribution in [0.4, 0.5) is 17.6 Å². The van der Waals surface area contributed by atoms with Gasteiger partial charge in [-0.25, -0.2) is 9.18 Å². The van der Waals surface area contributed by atoms with Crippen molar-refractivity contribution < 1.29 is 27.5 Å². The Kier molecular flexibility index (Phi) is 5.10. The molecule has 0 bridgehead atoms. The number of hydrogen-bond acceptors (Lipinski definition) is 2. The first-order valence-electron chi connectivity index (χ1n) is 5.92. The first-order valence-corrected chi connectivity index (χ1v) is 5.92. The van der Waals surface area contributed by atoms with Gasteiger partial charge in [0.15, 0.2) is 0 Å². The lowest BCUT2D eigenvalue weighted by Gasteiger charge is -2.27. The van der Waals surface area contributed by atoms with Crippen LogP contribution >= 0.6 is 0 Å². The quantitative estimate of drug-likeness (QED) is 0.847. The van der Waals surface area contributed by atoms with Crippen molar-refractivity contribution in [2.75, 3.05) is 6.54 Å². The molecule has 0 unspecified atom stereocenters. The molecule has 112 valence electrons. The number of aromatic carboxylic acids is 1. The van der Waals surface area contributed by atoms with Gasteiger partial charge in [-0.05, 0) is 31.5 Å². The topological polar surface area (TPSA) is 40.5 Å². The van der Waals surface area contributed by atoms with Crippen LogP contribution in [0.3, 0.4) is 0 Å². The number of hydrogen-bond donors (Lipinski definition) is 1. The summed E-state index contributed by atoms with van der Waals surface area (Å²) in [6.45, 7) is 2.00. The minimum atomic E-state index is -4.35. The van der Waals surface area contributed by atoms with Gasteiger partial charge in [0.25, 0.3) is 0 Å². The van der Waals surface area contributed by atoms with E-state index in [9.17, 15) is 22.4 Å². The third kappa shape index (κ3) is 4.80. The summed E-state index contributed by atoms with van der Waals surface area (Å²) in [4.78, 5) is 11.9. The summed E-state index contributed by atoms with van der Waals surface area (Å²) in [5.41, 5.74) is -0.222. The number of rotatable bonds is 5. The minimum absolute atomic E-state index is 0.0995. The minimum Gasteiger partial charge on any atom is -0.478 e. The van der Waals surface area contributed by atoms with Crippen LogP contribution in [0.2, 0.25) is 0 Å². The normalized spacial score (nSPS) is 12.2. The molecule has 1 rings (SSSR count). The molecule has 0 radical (unpaired) electrons. The maximum absolute atomic E-state index is 13.2. The van der Waals surface area contributed by atoms with Crippen molar-refractivity contribution in [3.8, 4) is 0 Å². The Hall–Kier alpha value is -1.63. The van der Waals surface area contributed by atoms with Gasteiger partial charge in [-0.15, -0.1) is 0 Å². The van der Waals surface area contributed by atoms with Crippen LogP contribution < -0.4 is 0 Å². The van der Waals surface area contributed by atoms with E-state index in [0.717, 1.165) is 17.0 Å². The molecule has 0 aromatic heterocycles. The Balaban J connectivity index is 2.94. The summed E-state index contributed by atoms with van der Waals surface area (Å²) in [5.74, 6) is -2.36. The van der Waals surface area contributed by atoms with Gasteiger partial charge >= 0.3 is 12.1 Å². The first kappa shape index (κ1) is 16.4. The molecule has 0 heterocycles. The summed E-state index contributed by atoms with van der Waals surface area (Å²) >= 11 is 0. The summed E-state index contributed by atoms with van der Waals surface area (Å²) in [6.07, 6.45) is -4.35. The average Bonchev–Trinajstić information content (AvgIpc) is 2.28. The van der Waals surface area contributed by atoms with Crippen LogP contribution in [-0.4, -0.2) is 34.7 Å². The van der Waals surface area contributed by atoms with Crippen molar-refractivity contribution in [3.05, 3.63) is 35.1 Å². The van der Waals surface area contributed by atoms with E-state index in [1.165, 1.54) is 6.07 Å². The highest BCUT2D eigenvalue weighted by Gasteiger charge is 2.31. The smallest absolute Gasteiger partial charge is 0.401 e. The Labute approximate surface area is 113 Å². The molecule has 0 atom stereocenters. The largest absolute Gasteiger partial charge is 0.478 e. The molecule has 0 aliphatic heterocycles. The third-order valence-corrected chi connectivity index (χ3v) is 2.76. The Morgan fingerprint density at radius 3 is 2.40 bits per heavy atom. The van der Waals surface area contributed by atoms with Gasteiger partial charge < -0.3 is 5.11 Å². The van der Waals surface area contributed by atoms with Gasteiger partial charge in [-0.1, -0.05) is 6.07 Å². The van der Waals surface area contributed by atoms with Crippen molar-refractivity contribution in [1.82, 2.24) is 4.90 Å². The van der Waals surface area contributed by atoms with Gasteiger partial charge in [0.1, 0.15) is 5.82 Å². The van der Waals surface area contributed by atoms with E-state index in [2.05, 4.69) is 0 Å². The molecule has 0 amide bonds. The molecule has 0 saturated heterocycles. The standard InChI is InChI=1S/C13H15F4NO2/c1-8(2)18(7-13(15,16)17)6-9-3-4-11(14)10(5-9)12(19)20/h3-5,8H,6-7H2,1-2H3,(H,19,20). The number of halogens is 4. The lowest BCUT2D eigenvalue weighted by molar-refractivity contribution is -0.150. The number of alkyl halides is 3. The maximum Gasteiger partial charge on any atom is 0.401 e. The lowest BCUT2D eigenvalue weighted by Crippen LogP contribution is -2.38. The van der Waals surface area contributed by atoms with Gasteiger partial charge in [0.05, 0.1) is 12.1 Å². The average molecular weight is 293 g/mol. The highest BCUT2D eigenvalue weighted by atomic mass is 19.4. The molecule has 0 aliphatic rings. The second-order valence-electron chi connectivity index (χ2n) is 4.73. The second kappa shape index (κ2) is 6.21. The van der Waals surface area contributed by atoms with Gasteiger partial charge in [-0.2, -0.15) is 13.2 Å². The predicted octanol–water partition coefficient (Wildman–Crippen LogP) is 3.30. The first-order chi connectivity index (χ1) is 9.10. The van der Waals surface area contributed by atoms with E-state index in [-0.39, 0.29) is 12.6 Å². The van der Waals surface area contributed by atoms with Crippen LogP contribution in [0, 0.1) is 5.82 Å². The molecule has 1 aromatic carbocycles. The highest BCUT2D eigenvalue weighted by Crippen LogP contribution is 2.20. The van der Waals surface area contributed by atoms with E-state index in [0.29, 0.717) is 5.56 Å². The molecule has 0 fully saturated rings. The Morgan fingerprint density at radius 2 is 1.95 bits per heavy atom. The molecule has 0 aliphatic carbocycles. The molecule has 1 aromatic rings. The molecular formula is C13H15F4NO2. The monoisotopic (exact) mass is 293 g/mol. The molecular weight excluding hydrogens is 278 g/mol. The van der Waals surface area contributed by atoms with Crippen LogP contribution in [0.1, 0.15) is 29.8 Å². The fourth-order valence-electron chi connectivity index (χ4n) is 1.72. The highest BCUT2D eigenvalue weighted by molar-refractivity contribution is 5.88. The van der Waals surface area contributed by atoms with Crippen LogP contribution in [0.15, 0.2) is 18.2 Å². The molecule has 0 spiro atoms. The fraction of sp³-hybridized carbons (Fsp3) is 0.462. The predicted molar refractivity (Wildman–Crippen MR) is 65.0 cm³/mol. The number of carbonyl (C=O) groups is 1. The Morgan fingerprint density at radius 1 is 1.35 bits per heavy atom. The van der Waals surface area contributed by atoms with Crippen molar-refractivity contribution in [1.29, 1.82) is 0 Å². The molecule has 7 heteroatoms. The summed E-state index contributed by atoms with van der Waals surface area (Å²) in [5, 5.41) is 8.79. The van der Waals surface area contributed by atoms with Gasteiger partial charge in [0.2, 0.25) is 0 Å². The maximum atomic E-state index is 13.2. The number of carboxylic acids is 1. The summed E-state index contributed by atoms with van der Waals surface area (Å²) < 4.78 is 50.5. The number of nitrogens with zero attached hydrogens (tertiary/aromatic N) is 1. The molecule has 3 nitrogen and oxygen atoms in total. The Bertz CT molecular complexity index is 486. The van der Waals surface area contributed by atoms with E-state index in [1.807, 2.05) is 0 Å². The van der Waals surface area contributed by atoms with Gasteiger partial charge in [0, 0.05) is 12.6 Å². The van der Waals surface area contributed by atoms with Gasteiger partial charge in [-0.3, -0.25) is 4.90 Å². The number of benzene rings is 1. The van der Waals surface area contributed by atoms with Crippen molar-refractivity contribution >= 4 is 5.97 Å². The van der Waals surface area contributed by atoms with Crippen molar-refractivity contribution in [3.63, 3.8) is 0 Å². The van der Waals surface area contributed by atoms with E-state index < -0.39 is 30.1 Å². The van der Waals surface area contributed by atoms with Crippen molar-refractivity contribution in [2.45, 2.75) is 32.6 Å². The zero-order chi connectivity index (χ0) is 15.5. The zero-order valence-electron chi connectivity index (χ0n) is 11.0. The van der Waals surface area contributed by atoms with Crippen LogP contribution in [0.25, 0.3) is 0 Å². The van der Waals surface area contributed by atoms with E-state index >= 15 is 0 Å². The second-order valence-corrected chi connectivity index (χ2v) is 4.73. The zero-order valence-corrected chi connectivity index (χ0v) is 11.0. The fourth-order valence-corrected chi connectivity index (χ4v) is 1.72. The van der Waals surface area contributed by atoms with Crippen molar-refractivity contribution in [2.24, 2.45) is 0 Å². The van der Waals surface area contributed by atoms with Crippen LogP contribution in [-0.2, 0) is 6.54 Å². The summed E-state index contributed by atoms with van der Waals surface area (Å²) in [7, 11) is 0. The molecule has 1 N–H and O–H groups in total. The van der Waals surface area contributed by atoms with E-state index in [1.54, 1.807) is 13.8 Å².